The van der Waals surface area contributed by atoms with E-state index in [2.05, 4.69) is 0 Å². The van der Waals surface area contributed by atoms with Crippen molar-refractivity contribution in [1.82, 2.24) is 0 Å². The normalized spacial score (nSPS) is 10.8. The van der Waals surface area contributed by atoms with Crippen LogP contribution >= 0.6 is 12.4 Å². The molecule has 0 saturated carbocycles. The molecule has 0 radical (unpaired) electrons. The van der Waals surface area contributed by atoms with Crippen molar-refractivity contribution in [2.75, 3.05) is 11.5 Å². The summed E-state index contributed by atoms with van der Waals surface area (Å²) in [6, 6.07) is 7.20. The van der Waals surface area contributed by atoms with Gasteiger partial charge in [-0.05, 0) is 36.4 Å². The van der Waals surface area contributed by atoms with Crippen molar-refractivity contribution >= 4 is 33.6 Å². The molecule has 0 aliphatic heterocycles. The van der Waals surface area contributed by atoms with Crippen LogP contribution < -0.4 is 11.5 Å². The highest BCUT2D eigenvalue weighted by molar-refractivity contribution is 7.91. The van der Waals surface area contributed by atoms with Crippen LogP contribution in [-0.2, 0) is 9.84 Å². The fourth-order valence-electron chi connectivity index (χ4n) is 1.54. The van der Waals surface area contributed by atoms with Crippen molar-refractivity contribution in [2.24, 2.45) is 0 Å². The van der Waals surface area contributed by atoms with E-state index >= 15 is 0 Å². The van der Waals surface area contributed by atoms with E-state index in [1.807, 2.05) is 0 Å². The Kier molecular flexibility index (Phi) is 4.36. The Balaban J connectivity index is 0.00000200. The van der Waals surface area contributed by atoms with Gasteiger partial charge in [0.05, 0.1) is 21.2 Å². The summed E-state index contributed by atoms with van der Waals surface area (Å²) in [6.45, 7) is 0. The Hall–Kier alpha value is -2.12. The predicted octanol–water partition coefficient (Wildman–Crippen LogP) is 1.52. The van der Waals surface area contributed by atoms with Gasteiger partial charge in [-0.2, -0.15) is 0 Å². The van der Waals surface area contributed by atoms with E-state index in [0.29, 0.717) is 0 Å². The van der Waals surface area contributed by atoms with Crippen LogP contribution in [0.5, 0.6) is 11.5 Å². The molecule has 8 heteroatoms. The Labute approximate surface area is 122 Å². The number of phenolic OH excluding ortho intramolecular Hbond substituents is 2. The highest BCUT2D eigenvalue weighted by Gasteiger charge is 2.19. The molecular weight excluding hydrogens is 304 g/mol. The number of sulfone groups is 1. The van der Waals surface area contributed by atoms with Crippen LogP contribution in [0.15, 0.2) is 46.2 Å². The third kappa shape index (κ3) is 2.73. The van der Waals surface area contributed by atoms with Crippen LogP contribution in [0.3, 0.4) is 0 Å². The van der Waals surface area contributed by atoms with Crippen molar-refractivity contribution in [2.45, 2.75) is 9.79 Å². The molecule has 0 aliphatic carbocycles. The molecule has 0 aromatic heterocycles. The minimum Gasteiger partial charge on any atom is -0.506 e. The Bertz CT molecular complexity index is 690. The van der Waals surface area contributed by atoms with Crippen molar-refractivity contribution < 1.29 is 18.6 Å². The number of rotatable bonds is 2. The maximum Gasteiger partial charge on any atom is 0.206 e. The number of benzene rings is 2. The maximum absolute atomic E-state index is 12.3. The number of nitrogens with two attached hydrogens (primary N) is 2. The molecular formula is C12H13ClN2O4S. The molecule has 6 N–H and O–H groups in total. The zero-order valence-corrected chi connectivity index (χ0v) is 11.8. The summed E-state index contributed by atoms with van der Waals surface area (Å²) in [7, 11) is -3.80. The summed E-state index contributed by atoms with van der Waals surface area (Å²) >= 11 is 0. The monoisotopic (exact) mass is 316 g/mol. The first kappa shape index (κ1) is 15.9. The lowest BCUT2D eigenvalue weighted by Gasteiger charge is -2.08. The summed E-state index contributed by atoms with van der Waals surface area (Å²) < 4.78 is 24.6. The summed E-state index contributed by atoms with van der Waals surface area (Å²) in [5.74, 6) is -0.381. The average molecular weight is 317 g/mol. The lowest BCUT2D eigenvalue weighted by atomic mass is 10.3. The fourth-order valence-corrected chi connectivity index (χ4v) is 2.87. The third-order valence-corrected chi connectivity index (χ3v) is 4.37. The van der Waals surface area contributed by atoms with Gasteiger partial charge in [0.25, 0.3) is 0 Å². The van der Waals surface area contributed by atoms with Crippen molar-refractivity contribution in [1.29, 1.82) is 0 Å². The Morgan fingerprint density at radius 3 is 1.45 bits per heavy atom. The van der Waals surface area contributed by atoms with Gasteiger partial charge in [-0.15, -0.1) is 12.4 Å². The first-order valence-electron chi connectivity index (χ1n) is 5.24. The second-order valence-electron chi connectivity index (χ2n) is 3.94. The molecule has 0 bridgehead atoms. The fraction of sp³-hybridized carbons (Fsp3) is 0. The lowest BCUT2D eigenvalue weighted by molar-refractivity contribution is 0.477. The van der Waals surface area contributed by atoms with Gasteiger partial charge >= 0.3 is 0 Å². The minimum atomic E-state index is -3.80. The van der Waals surface area contributed by atoms with Crippen LogP contribution in [0.25, 0.3) is 0 Å². The molecule has 0 heterocycles. The molecule has 0 aliphatic rings. The van der Waals surface area contributed by atoms with Gasteiger partial charge in [-0.25, -0.2) is 8.42 Å². The van der Waals surface area contributed by atoms with Crippen molar-refractivity contribution in [3.05, 3.63) is 36.4 Å². The van der Waals surface area contributed by atoms with Crippen LogP contribution in [0.1, 0.15) is 0 Å². The molecule has 20 heavy (non-hydrogen) atoms. The van der Waals surface area contributed by atoms with E-state index in [1.165, 1.54) is 24.3 Å². The third-order valence-electron chi connectivity index (χ3n) is 2.62. The number of hydrogen-bond acceptors (Lipinski definition) is 6. The number of halogens is 1. The van der Waals surface area contributed by atoms with Gasteiger partial charge in [-0.3, -0.25) is 0 Å². The van der Waals surface area contributed by atoms with Crippen molar-refractivity contribution in [3.8, 4) is 11.5 Å². The molecule has 108 valence electrons. The summed E-state index contributed by atoms with van der Waals surface area (Å²) in [4.78, 5) is -0.124. The van der Waals surface area contributed by atoms with Gasteiger partial charge in [-0.1, -0.05) is 0 Å². The smallest absolute Gasteiger partial charge is 0.206 e. The minimum absolute atomic E-state index is 0. The topological polar surface area (TPSA) is 127 Å². The van der Waals surface area contributed by atoms with E-state index in [1.54, 1.807) is 0 Å². The largest absolute Gasteiger partial charge is 0.506 e. The van der Waals surface area contributed by atoms with Gasteiger partial charge < -0.3 is 21.7 Å². The quantitative estimate of drug-likeness (QED) is 0.491. The number of nitrogen functional groups attached to an aromatic ring is 2. The second-order valence-corrected chi connectivity index (χ2v) is 5.89. The standard InChI is InChI=1S/C12H12N2O4S.ClH/c13-9-5-7(1-3-11(9)15)19(17,18)8-2-4-12(16)10(14)6-8;/h1-6,15-16H,13-14H2;1H. The molecule has 2 aromatic rings. The molecule has 2 aromatic carbocycles. The first-order chi connectivity index (χ1) is 8.82. The molecule has 6 nitrogen and oxygen atoms in total. The van der Waals surface area contributed by atoms with Crippen LogP contribution in [0.2, 0.25) is 0 Å². The summed E-state index contributed by atoms with van der Waals surface area (Å²) in [5, 5.41) is 18.6. The van der Waals surface area contributed by atoms with Gasteiger partial charge in [0.1, 0.15) is 11.5 Å². The molecule has 0 unspecified atom stereocenters. The average Bonchev–Trinajstić information content (AvgIpc) is 2.35. The zero-order valence-electron chi connectivity index (χ0n) is 10.1. The van der Waals surface area contributed by atoms with Crippen LogP contribution in [0, 0.1) is 0 Å². The van der Waals surface area contributed by atoms with E-state index < -0.39 is 9.84 Å². The second kappa shape index (κ2) is 5.48. The SMILES string of the molecule is Cl.Nc1cc(S(=O)(=O)c2ccc(O)c(N)c2)ccc1O. The van der Waals surface area contributed by atoms with Crippen LogP contribution in [-0.4, -0.2) is 18.6 Å². The Morgan fingerprint density at radius 2 is 1.15 bits per heavy atom. The lowest BCUT2D eigenvalue weighted by Crippen LogP contribution is -2.03. The van der Waals surface area contributed by atoms with E-state index in [4.69, 9.17) is 11.5 Å². The highest BCUT2D eigenvalue weighted by Crippen LogP contribution is 2.30. The predicted molar refractivity (Wildman–Crippen MR) is 77.7 cm³/mol. The molecule has 0 fully saturated rings. The number of aromatic hydroxyl groups is 2. The number of anilines is 2. The van der Waals surface area contributed by atoms with Crippen LogP contribution in [0.4, 0.5) is 11.4 Å². The van der Waals surface area contributed by atoms with Gasteiger partial charge in [0.15, 0.2) is 0 Å². The summed E-state index contributed by atoms with van der Waals surface area (Å²) in [6.07, 6.45) is 0. The molecule has 0 saturated heterocycles. The number of hydrogen-bond donors (Lipinski definition) is 4. The van der Waals surface area contributed by atoms with Gasteiger partial charge in [0, 0.05) is 0 Å². The first-order valence-corrected chi connectivity index (χ1v) is 6.73. The van der Waals surface area contributed by atoms with E-state index in [-0.39, 0.29) is 45.1 Å². The molecule has 2 rings (SSSR count). The molecule has 0 spiro atoms. The number of phenols is 2. The molecule has 0 amide bonds. The maximum atomic E-state index is 12.3. The van der Waals surface area contributed by atoms with E-state index in [0.717, 1.165) is 12.1 Å². The highest BCUT2D eigenvalue weighted by atomic mass is 35.5. The van der Waals surface area contributed by atoms with Crippen molar-refractivity contribution in [3.63, 3.8) is 0 Å². The Morgan fingerprint density at radius 1 is 0.800 bits per heavy atom. The van der Waals surface area contributed by atoms with E-state index in [9.17, 15) is 18.6 Å². The zero-order chi connectivity index (χ0) is 14.2. The van der Waals surface area contributed by atoms with Gasteiger partial charge in [0.2, 0.25) is 9.84 Å². The summed E-state index contributed by atoms with van der Waals surface area (Å²) in [5.41, 5.74) is 10.9. The molecule has 0 atom stereocenters.